The molecule has 1 aromatic heterocycles. The van der Waals surface area contributed by atoms with Crippen molar-refractivity contribution in [3.63, 3.8) is 0 Å². The van der Waals surface area contributed by atoms with E-state index in [1.807, 2.05) is 0 Å². The summed E-state index contributed by atoms with van der Waals surface area (Å²) >= 11 is 0. The van der Waals surface area contributed by atoms with Gasteiger partial charge in [-0.2, -0.15) is 0 Å². The number of hydrogen-bond donors (Lipinski definition) is 0. The van der Waals surface area contributed by atoms with Gasteiger partial charge >= 0.3 is 0 Å². The number of nitrogens with zero attached hydrogens (tertiary/aromatic N) is 5. The van der Waals surface area contributed by atoms with E-state index in [1.165, 1.54) is 32.6 Å². The van der Waals surface area contributed by atoms with Crippen LogP contribution in [0.15, 0.2) is 309 Å². The lowest BCUT2D eigenvalue weighted by atomic mass is 9.30. The van der Waals surface area contributed by atoms with Gasteiger partial charge in [0.05, 0.1) is 28.1 Å². The number of anilines is 12. The van der Waals surface area contributed by atoms with Crippen molar-refractivity contribution in [1.82, 2.24) is 4.57 Å². The molecule has 4 aliphatic rings. The third-order valence-corrected chi connectivity index (χ3v) is 18.1. The molecule has 18 rings (SSSR count). The van der Waals surface area contributed by atoms with Crippen molar-refractivity contribution in [2.24, 2.45) is 0 Å². The lowest BCUT2D eigenvalue weighted by molar-refractivity contribution is 0.487. The third-order valence-electron chi connectivity index (χ3n) is 18.1. The molecule has 6 nitrogen and oxygen atoms in total. The van der Waals surface area contributed by atoms with E-state index in [1.54, 1.807) is 0 Å². The average molecular weight is 1100 g/mol. The van der Waals surface area contributed by atoms with E-state index in [-0.39, 0.29) is 13.4 Å². The van der Waals surface area contributed by atoms with Crippen LogP contribution < -0.4 is 57.1 Å². The Morgan fingerprint density at radius 1 is 0.279 bits per heavy atom. The Morgan fingerprint density at radius 3 is 1.41 bits per heavy atom. The highest BCUT2D eigenvalue weighted by Crippen LogP contribution is 2.52. The van der Waals surface area contributed by atoms with Crippen LogP contribution in [-0.2, 0) is 0 Å². The van der Waals surface area contributed by atoms with E-state index in [0.29, 0.717) is 0 Å². The first-order valence-corrected chi connectivity index (χ1v) is 29.6. The van der Waals surface area contributed by atoms with E-state index >= 15 is 0 Å². The number of aromatic nitrogens is 1. The minimum absolute atomic E-state index is 0.171. The summed E-state index contributed by atoms with van der Waals surface area (Å²) < 4.78 is 9.70. The second-order valence-corrected chi connectivity index (χ2v) is 22.7. The lowest BCUT2D eigenvalue weighted by Crippen LogP contribution is -2.64. The second kappa shape index (κ2) is 19.2. The average Bonchev–Trinajstić information content (AvgIpc) is 0.782. The summed E-state index contributed by atoms with van der Waals surface area (Å²) in [6.45, 7) is -0.345. The minimum Gasteiger partial charge on any atom is -0.458 e. The molecule has 8 heteroatoms. The van der Waals surface area contributed by atoms with Gasteiger partial charge in [-0.05, 0) is 141 Å². The van der Waals surface area contributed by atoms with Gasteiger partial charge in [0, 0.05) is 79.3 Å². The summed E-state index contributed by atoms with van der Waals surface area (Å²) in [5, 5.41) is 2.43. The second-order valence-electron chi connectivity index (χ2n) is 22.7. The Bertz CT molecular complexity index is 4930. The van der Waals surface area contributed by atoms with Crippen LogP contribution in [0.4, 0.5) is 68.2 Å². The molecule has 4 aliphatic heterocycles. The summed E-state index contributed by atoms with van der Waals surface area (Å²) in [5.74, 6) is 1.72. The molecule has 13 aromatic carbocycles. The molecule has 0 radical (unpaired) electrons. The third kappa shape index (κ3) is 7.23. The van der Waals surface area contributed by atoms with Crippen LogP contribution in [-0.4, -0.2) is 18.0 Å². The van der Waals surface area contributed by atoms with Crippen molar-refractivity contribution in [2.45, 2.75) is 0 Å². The Balaban J connectivity index is 0.978. The fourth-order valence-electron chi connectivity index (χ4n) is 14.7. The number of hydrogen-bond acceptors (Lipinski definition) is 5. The Kier molecular flexibility index (Phi) is 10.8. The van der Waals surface area contributed by atoms with Gasteiger partial charge in [0.2, 0.25) is 0 Å². The fourth-order valence-corrected chi connectivity index (χ4v) is 14.7. The molecular weight excluding hydrogens is 1040 g/mol. The zero-order valence-electron chi connectivity index (χ0n) is 46.7. The van der Waals surface area contributed by atoms with E-state index < -0.39 is 0 Å². The van der Waals surface area contributed by atoms with Crippen molar-refractivity contribution in [3.8, 4) is 28.3 Å². The summed E-state index contributed by atoms with van der Waals surface area (Å²) in [6, 6.07) is 114. The zero-order valence-corrected chi connectivity index (χ0v) is 46.7. The molecule has 0 saturated heterocycles. The van der Waals surface area contributed by atoms with E-state index in [4.69, 9.17) is 4.74 Å². The number of fused-ring (bicyclic) bond motifs is 11. The predicted octanol–water partition coefficient (Wildman–Crippen LogP) is 16.4. The maximum Gasteiger partial charge on any atom is 0.256 e. The molecule has 0 atom stereocenters. The van der Waals surface area contributed by atoms with Crippen LogP contribution in [0.5, 0.6) is 11.5 Å². The van der Waals surface area contributed by atoms with Crippen molar-refractivity contribution >= 4 is 136 Å². The topological polar surface area (TPSA) is 27.1 Å². The molecule has 14 aromatic rings. The van der Waals surface area contributed by atoms with Crippen molar-refractivity contribution in [2.75, 3.05) is 19.6 Å². The Hall–Kier alpha value is -11.2. The van der Waals surface area contributed by atoms with Crippen LogP contribution in [0.1, 0.15) is 0 Å². The molecule has 400 valence electrons. The SMILES string of the molecule is c1ccc(-c2ccccc2N2c3cc4c(cc3B3c5ccccc5N(c5ccccc5)c5cc(N(c6ccccc6)c6ccccc6)cc2c53)B2c3ccccc3Oc3cc(-n5c6ccccc6c6ccccc65)cc(c32)N4c2ccccc2)cc1. The Labute approximate surface area is 500 Å². The summed E-state index contributed by atoms with van der Waals surface area (Å²) in [7, 11) is 0. The standard InChI is InChI=1S/C78H51B2N5O/c1-6-26-52(27-7-1)59-36-16-21-41-66(59)85-71-51-70-64(80-63-40-20-25-45-75(63)86-76-49-58(48-74(78(76)80)83(70)56-34-14-5-15-35-56)84-67-42-22-17-37-60(67)61-38-18-23-43-68(61)84)50-65(71)79-62-39-19-24-44-69(62)82(55-32-12-4-13-33-55)72-46-57(47-73(85)77(72)79)81(53-28-8-2-9-29-53)54-30-10-3-11-31-54/h1-51H. The first-order valence-electron chi connectivity index (χ1n) is 29.6. The highest BCUT2D eigenvalue weighted by Gasteiger charge is 2.48. The molecular formula is C78H51B2N5O. The number of rotatable bonds is 8. The van der Waals surface area contributed by atoms with Gasteiger partial charge in [-0.1, -0.05) is 200 Å². The van der Waals surface area contributed by atoms with Crippen LogP contribution >= 0.6 is 0 Å². The molecule has 0 bridgehead atoms. The zero-order chi connectivity index (χ0) is 56.4. The molecule has 0 aliphatic carbocycles. The smallest absolute Gasteiger partial charge is 0.256 e. The van der Waals surface area contributed by atoms with Gasteiger partial charge < -0.3 is 28.9 Å². The molecule has 0 saturated carbocycles. The van der Waals surface area contributed by atoms with Gasteiger partial charge in [0.25, 0.3) is 13.4 Å². The molecule has 0 amide bonds. The molecule has 0 spiro atoms. The van der Waals surface area contributed by atoms with Crippen LogP contribution in [0.2, 0.25) is 0 Å². The van der Waals surface area contributed by atoms with Crippen molar-refractivity contribution < 1.29 is 4.74 Å². The number of benzene rings is 13. The summed E-state index contributed by atoms with van der Waals surface area (Å²) in [6.07, 6.45) is 0. The number of ether oxygens (including phenoxy) is 1. The minimum atomic E-state index is -0.175. The first-order chi connectivity index (χ1) is 42.7. The lowest BCUT2D eigenvalue weighted by Gasteiger charge is -2.47. The number of para-hydroxylation sites is 9. The monoisotopic (exact) mass is 1100 g/mol. The van der Waals surface area contributed by atoms with Gasteiger partial charge in [0.1, 0.15) is 11.5 Å². The van der Waals surface area contributed by atoms with E-state index in [9.17, 15) is 0 Å². The van der Waals surface area contributed by atoms with Gasteiger partial charge in [-0.25, -0.2) is 0 Å². The van der Waals surface area contributed by atoms with E-state index in [0.717, 1.165) is 119 Å². The Morgan fingerprint density at radius 2 is 0.756 bits per heavy atom. The van der Waals surface area contributed by atoms with Gasteiger partial charge in [0.15, 0.2) is 0 Å². The fraction of sp³-hybridized carbons (Fsp3) is 0. The van der Waals surface area contributed by atoms with Crippen molar-refractivity contribution in [3.05, 3.63) is 309 Å². The maximum atomic E-state index is 7.28. The molecule has 5 heterocycles. The molecule has 0 N–H and O–H groups in total. The molecule has 86 heavy (non-hydrogen) atoms. The van der Waals surface area contributed by atoms with Crippen LogP contribution in [0.3, 0.4) is 0 Å². The van der Waals surface area contributed by atoms with Crippen LogP contribution in [0.25, 0.3) is 38.6 Å². The summed E-state index contributed by atoms with van der Waals surface area (Å²) in [4.78, 5) is 10.1. The molecule has 0 unspecified atom stereocenters. The van der Waals surface area contributed by atoms with Gasteiger partial charge in [-0.15, -0.1) is 0 Å². The highest BCUT2D eigenvalue weighted by molar-refractivity contribution is 7.02. The van der Waals surface area contributed by atoms with E-state index in [2.05, 4.69) is 334 Å². The maximum absolute atomic E-state index is 7.28. The van der Waals surface area contributed by atoms with Gasteiger partial charge in [-0.3, -0.25) is 0 Å². The van der Waals surface area contributed by atoms with Crippen LogP contribution in [0, 0.1) is 0 Å². The largest absolute Gasteiger partial charge is 0.458 e. The summed E-state index contributed by atoms with van der Waals surface area (Å²) in [5.41, 5.74) is 26.0. The first kappa shape index (κ1) is 48.3. The highest BCUT2D eigenvalue weighted by atomic mass is 16.5. The molecule has 0 fully saturated rings. The predicted molar refractivity (Wildman–Crippen MR) is 361 cm³/mol. The quantitative estimate of drug-likeness (QED) is 0.141. The normalized spacial score (nSPS) is 13.1. The van der Waals surface area contributed by atoms with Crippen molar-refractivity contribution in [1.29, 1.82) is 0 Å².